The summed E-state index contributed by atoms with van der Waals surface area (Å²) in [6.45, 7) is 0. The van der Waals surface area contributed by atoms with Gasteiger partial charge in [0.05, 0.1) is 11.0 Å². The van der Waals surface area contributed by atoms with Gasteiger partial charge in [-0.1, -0.05) is 182 Å². The van der Waals surface area contributed by atoms with Crippen LogP contribution in [0.1, 0.15) is 0 Å². The highest BCUT2D eigenvalue weighted by Crippen LogP contribution is 2.40. The molecule has 1 aliphatic rings. The molecule has 13 rings (SSSR count). The summed E-state index contributed by atoms with van der Waals surface area (Å²) in [4.78, 5) is 0. The molecule has 3 heterocycles. The van der Waals surface area contributed by atoms with Crippen LogP contribution in [0.3, 0.4) is 0 Å². The molecule has 0 amide bonds. The fourth-order valence-electron chi connectivity index (χ4n) is 10.6. The SMILES string of the molecule is c1ccc(-c2ccc3c(c2)c2cc(-c4ccccc4)ccc2n3-c2ccc3c(c2)[Si](c2ccccc2)(c2ccccc2)c2cc(-c4ccc5sc6ccccc6c5c4)ccc2-3)cc1. The first-order chi connectivity index (χ1) is 31.2. The molecule has 12 aromatic rings. The number of fused-ring (bicyclic) bond motifs is 9. The van der Waals surface area contributed by atoms with Gasteiger partial charge in [-0.2, -0.15) is 0 Å². The van der Waals surface area contributed by atoms with E-state index in [9.17, 15) is 0 Å². The minimum Gasteiger partial charge on any atom is -0.309 e. The van der Waals surface area contributed by atoms with Crippen molar-refractivity contribution in [2.75, 3.05) is 0 Å². The standard InChI is InChI=1S/C60H39NSSi/c1-5-15-40(16-6-1)42-26-32-55-52(35-42)53-36-43(41-17-7-2-8-18-41)27-33-56(53)61(55)46-29-31-51-50-30-25-45(44-28-34-58-54(37-44)49-23-13-14-24-57(49)62-58)38-59(50)63(60(51)39-46,47-19-9-3-10-20-47)48-21-11-4-12-22-48/h1-39H. The molecule has 0 N–H and O–H groups in total. The molecule has 0 unspecified atom stereocenters. The molecule has 1 nitrogen and oxygen atoms in total. The molecule has 0 saturated heterocycles. The Morgan fingerprint density at radius 1 is 0.302 bits per heavy atom. The molecule has 0 aliphatic carbocycles. The summed E-state index contributed by atoms with van der Waals surface area (Å²) in [5.41, 5.74) is 13.7. The molecule has 0 atom stereocenters. The molecule has 10 aromatic carbocycles. The fourth-order valence-corrected chi connectivity index (χ4v) is 16.9. The van der Waals surface area contributed by atoms with E-state index in [1.807, 2.05) is 11.3 Å². The van der Waals surface area contributed by atoms with Gasteiger partial charge in [-0.25, -0.2) is 0 Å². The van der Waals surface area contributed by atoms with Crippen molar-refractivity contribution in [1.29, 1.82) is 0 Å². The average molecular weight is 834 g/mol. The van der Waals surface area contributed by atoms with Crippen LogP contribution in [0.25, 0.3) is 92.2 Å². The van der Waals surface area contributed by atoms with E-state index in [0.29, 0.717) is 0 Å². The minimum atomic E-state index is -2.87. The van der Waals surface area contributed by atoms with E-state index in [0.717, 1.165) is 0 Å². The highest BCUT2D eigenvalue weighted by atomic mass is 32.1. The van der Waals surface area contributed by atoms with Gasteiger partial charge in [0.15, 0.2) is 8.07 Å². The predicted octanol–water partition coefficient (Wildman–Crippen LogP) is 13.5. The van der Waals surface area contributed by atoms with E-state index in [-0.39, 0.29) is 0 Å². The molecule has 0 fully saturated rings. The normalized spacial score (nSPS) is 12.9. The number of nitrogens with zero attached hydrogens (tertiary/aromatic N) is 1. The second kappa shape index (κ2) is 14.3. The molecular weight excluding hydrogens is 795 g/mol. The molecule has 63 heavy (non-hydrogen) atoms. The monoisotopic (exact) mass is 833 g/mol. The third-order valence-corrected chi connectivity index (χ3v) is 19.5. The van der Waals surface area contributed by atoms with Gasteiger partial charge in [0, 0.05) is 36.6 Å². The lowest BCUT2D eigenvalue weighted by molar-refractivity contribution is 1.18. The lowest BCUT2D eigenvalue weighted by Crippen LogP contribution is -2.72. The van der Waals surface area contributed by atoms with Crippen molar-refractivity contribution in [3.05, 3.63) is 237 Å². The molecular formula is C60H39NSSi. The van der Waals surface area contributed by atoms with Crippen LogP contribution in [0, 0.1) is 0 Å². The number of rotatable bonds is 6. The van der Waals surface area contributed by atoms with E-state index in [2.05, 4.69) is 241 Å². The van der Waals surface area contributed by atoms with Gasteiger partial charge >= 0.3 is 0 Å². The van der Waals surface area contributed by atoms with E-state index in [1.165, 1.54) is 113 Å². The maximum Gasteiger partial charge on any atom is 0.180 e. The molecule has 0 spiro atoms. The smallest absolute Gasteiger partial charge is 0.180 e. The predicted molar refractivity (Wildman–Crippen MR) is 273 cm³/mol. The molecule has 0 radical (unpaired) electrons. The van der Waals surface area contributed by atoms with Gasteiger partial charge in [-0.3, -0.25) is 0 Å². The highest BCUT2D eigenvalue weighted by molar-refractivity contribution is 7.25. The lowest BCUT2D eigenvalue weighted by Gasteiger charge is -2.32. The van der Waals surface area contributed by atoms with Gasteiger partial charge in [0.1, 0.15) is 0 Å². The Morgan fingerprint density at radius 2 is 0.746 bits per heavy atom. The van der Waals surface area contributed by atoms with Crippen LogP contribution in [0.2, 0.25) is 0 Å². The molecule has 3 heteroatoms. The van der Waals surface area contributed by atoms with E-state index in [4.69, 9.17) is 0 Å². The number of hydrogen-bond acceptors (Lipinski definition) is 1. The Morgan fingerprint density at radius 3 is 1.37 bits per heavy atom. The fraction of sp³-hybridized carbons (Fsp3) is 0. The van der Waals surface area contributed by atoms with Crippen molar-refractivity contribution in [2.24, 2.45) is 0 Å². The third kappa shape index (κ3) is 5.54. The van der Waals surface area contributed by atoms with Gasteiger partial charge in [0.25, 0.3) is 0 Å². The lowest BCUT2D eigenvalue weighted by atomic mass is 9.99. The first kappa shape index (κ1) is 36.1. The van der Waals surface area contributed by atoms with Crippen molar-refractivity contribution in [2.45, 2.75) is 0 Å². The average Bonchev–Trinajstić information content (AvgIpc) is 4.00. The summed E-state index contributed by atoms with van der Waals surface area (Å²) in [7, 11) is -2.87. The number of hydrogen-bond donors (Lipinski definition) is 0. The number of aromatic nitrogens is 1. The summed E-state index contributed by atoms with van der Waals surface area (Å²) in [6, 6.07) is 88.9. The van der Waals surface area contributed by atoms with Crippen molar-refractivity contribution >= 4 is 82.1 Å². The molecule has 294 valence electrons. The summed E-state index contributed by atoms with van der Waals surface area (Å²) < 4.78 is 5.18. The van der Waals surface area contributed by atoms with Crippen LogP contribution < -0.4 is 20.7 Å². The number of thiophene rings is 1. The molecule has 0 bridgehead atoms. The maximum absolute atomic E-state index is 2.87. The summed E-state index contributed by atoms with van der Waals surface area (Å²) >= 11 is 1.88. The van der Waals surface area contributed by atoms with Crippen LogP contribution >= 0.6 is 11.3 Å². The second-order valence-corrected chi connectivity index (χ2v) is 21.6. The molecule has 1 aliphatic heterocycles. The summed E-state index contributed by atoms with van der Waals surface area (Å²) in [5.74, 6) is 0. The van der Waals surface area contributed by atoms with Crippen molar-refractivity contribution < 1.29 is 0 Å². The Labute approximate surface area is 371 Å². The van der Waals surface area contributed by atoms with Crippen molar-refractivity contribution in [3.63, 3.8) is 0 Å². The van der Waals surface area contributed by atoms with Gasteiger partial charge < -0.3 is 4.57 Å². The van der Waals surface area contributed by atoms with Crippen molar-refractivity contribution in [1.82, 2.24) is 4.57 Å². The molecule has 2 aromatic heterocycles. The zero-order valence-corrected chi connectivity index (χ0v) is 36.2. The van der Waals surface area contributed by atoms with E-state index in [1.54, 1.807) is 0 Å². The molecule has 0 saturated carbocycles. The van der Waals surface area contributed by atoms with Gasteiger partial charge in [-0.15, -0.1) is 11.3 Å². The Kier molecular flexibility index (Phi) is 8.17. The van der Waals surface area contributed by atoms with Crippen LogP contribution in [0.15, 0.2) is 237 Å². The summed E-state index contributed by atoms with van der Waals surface area (Å²) in [6.07, 6.45) is 0. The Hall–Kier alpha value is -7.56. The second-order valence-electron chi connectivity index (χ2n) is 16.8. The maximum atomic E-state index is 2.56. The third-order valence-electron chi connectivity index (χ3n) is 13.5. The zero-order chi connectivity index (χ0) is 41.5. The Balaban J connectivity index is 1.06. The van der Waals surface area contributed by atoms with Crippen LogP contribution in [-0.4, -0.2) is 12.6 Å². The first-order valence-corrected chi connectivity index (χ1v) is 24.6. The van der Waals surface area contributed by atoms with Crippen LogP contribution in [-0.2, 0) is 0 Å². The Bertz CT molecular complexity index is 3580. The first-order valence-electron chi connectivity index (χ1n) is 21.7. The van der Waals surface area contributed by atoms with E-state index >= 15 is 0 Å². The quantitative estimate of drug-likeness (QED) is 0.147. The largest absolute Gasteiger partial charge is 0.309 e. The zero-order valence-electron chi connectivity index (χ0n) is 34.4. The van der Waals surface area contributed by atoms with E-state index < -0.39 is 8.07 Å². The van der Waals surface area contributed by atoms with Crippen LogP contribution in [0.4, 0.5) is 0 Å². The van der Waals surface area contributed by atoms with Gasteiger partial charge in [0.2, 0.25) is 0 Å². The van der Waals surface area contributed by atoms with Gasteiger partial charge in [-0.05, 0) is 120 Å². The van der Waals surface area contributed by atoms with Crippen molar-refractivity contribution in [3.8, 4) is 50.2 Å². The topological polar surface area (TPSA) is 4.93 Å². The summed E-state index contributed by atoms with van der Waals surface area (Å²) in [5, 5.41) is 10.8. The number of benzene rings is 10. The highest BCUT2D eigenvalue weighted by Gasteiger charge is 2.49. The van der Waals surface area contributed by atoms with Crippen LogP contribution in [0.5, 0.6) is 0 Å². The minimum absolute atomic E-state index is 1.18.